The van der Waals surface area contributed by atoms with Gasteiger partial charge in [0.1, 0.15) is 6.07 Å². The Morgan fingerprint density at radius 1 is 1.21 bits per heavy atom. The SMILES string of the molecule is N#Cc1nnc2ccccc2c1N1CCC(N)CC1. The van der Waals surface area contributed by atoms with Gasteiger partial charge in [-0.25, -0.2) is 0 Å². The summed E-state index contributed by atoms with van der Waals surface area (Å²) in [5.74, 6) is 0. The first-order valence-electron chi connectivity index (χ1n) is 6.45. The molecular formula is C14H15N5. The van der Waals surface area contributed by atoms with Crippen molar-refractivity contribution in [2.45, 2.75) is 18.9 Å². The van der Waals surface area contributed by atoms with E-state index in [-0.39, 0.29) is 6.04 Å². The summed E-state index contributed by atoms with van der Waals surface area (Å²) >= 11 is 0. The topological polar surface area (TPSA) is 78.8 Å². The lowest BCUT2D eigenvalue weighted by Gasteiger charge is -2.32. The molecule has 0 spiro atoms. The Balaban J connectivity index is 2.12. The maximum atomic E-state index is 9.26. The number of benzene rings is 1. The maximum Gasteiger partial charge on any atom is 0.187 e. The van der Waals surface area contributed by atoms with Crippen molar-refractivity contribution in [2.24, 2.45) is 5.73 Å². The molecule has 0 unspecified atom stereocenters. The average Bonchev–Trinajstić information content (AvgIpc) is 2.47. The number of hydrogen-bond acceptors (Lipinski definition) is 5. The van der Waals surface area contributed by atoms with Crippen molar-refractivity contribution in [2.75, 3.05) is 18.0 Å². The number of fused-ring (bicyclic) bond motifs is 1. The van der Waals surface area contributed by atoms with Crippen LogP contribution in [0.2, 0.25) is 0 Å². The van der Waals surface area contributed by atoms with Crippen LogP contribution in [-0.4, -0.2) is 29.3 Å². The third-order valence-corrected chi connectivity index (χ3v) is 3.60. The number of nitrogens with zero attached hydrogens (tertiary/aromatic N) is 4. The first kappa shape index (κ1) is 11.9. The zero-order chi connectivity index (χ0) is 13.2. The summed E-state index contributed by atoms with van der Waals surface area (Å²) in [6.45, 7) is 1.73. The van der Waals surface area contributed by atoms with Gasteiger partial charge in [0.05, 0.1) is 11.2 Å². The molecule has 5 heteroatoms. The molecule has 1 aliphatic rings. The molecule has 0 amide bonds. The van der Waals surface area contributed by atoms with Crippen LogP contribution in [0.3, 0.4) is 0 Å². The molecule has 0 radical (unpaired) electrons. The van der Waals surface area contributed by atoms with Crippen LogP contribution < -0.4 is 10.6 Å². The van der Waals surface area contributed by atoms with E-state index >= 15 is 0 Å². The fourth-order valence-corrected chi connectivity index (χ4v) is 2.56. The van der Waals surface area contributed by atoms with Crippen LogP contribution in [0, 0.1) is 11.3 Å². The second kappa shape index (κ2) is 4.82. The highest BCUT2D eigenvalue weighted by molar-refractivity contribution is 5.93. The predicted octanol–water partition coefficient (Wildman–Crippen LogP) is 1.43. The molecule has 0 atom stereocenters. The summed E-state index contributed by atoms with van der Waals surface area (Å²) in [5.41, 5.74) is 8.06. The Bertz CT molecular complexity index is 638. The van der Waals surface area contributed by atoms with Gasteiger partial charge in [-0.3, -0.25) is 0 Å². The lowest BCUT2D eigenvalue weighted by Crippen LogP contribution is -2.40. The van der Waals surface area contributed by atoms with E-state index < -0.39 is 0 Å². The van der Waals surface area contributed by atoms with Crippen molar-refractivity contribution in [1.29, 1.82) is 5.26 Å². The van der Waals surface area contributed by atoms with Crippen LogP contribution in [0.25, 0.3) is 10.9 Å². The molecule has 2 N–H and O–H groups in total. The van der Waals surface area contributed by atoms with Crippen LogP contribution in [0.1, 0.15) is 18.5 Å². The number of rotatable bonds is 1. The van der Waals surface area contributed by atoms with Gasteiger partial charge in [0.15, 0.2) is 5.69 Å². The molecule has 1 aliphatic heterocycles. The van der Waals surface area contributed by atoms with E-state index in [1.165, 1.54) is 0 Å². The molecule has 2 heterocycles. The number of anilines is 1. The van der Waals surface area contributed by atoms with E-state index in [0.29, 0.717) is 5.69 Å². The summed E-state index contributed by atoms with van der Waals surface area (Å²) in [6, 6.07) is 10.2. The summed E-state index contributed by atoms with van der Waals surface area (Å²) < 4.78 is 0. The highest BCUT2D eigenvalue weighted by Gasteiger charge is 2.21. The lowest BCUT2D eigenvalue weighted by molar-refractivity contribution is 0.501. The summed E-state index contributed by atoms with van der Waals surface area (Å²) in [7, 11) is 0. The van der Waals surface area contributed by atoms with E-state index in [9.17, 15) is 5.26 Å². The van der Waals surface area contributed by atoms with E-state index in [1.54, 1.807) is 0 Å². The molecule has 0 aliphatic carbocycles. The van der Waals surface area contributed by atoms with Crippen molar-refractivity contribution in [3.63, 3.8) is 0 Å². The van der Waals surface area contributed by atoms with Crippen molar-refractivity contribution in [3.05, 3.63) is 30.0 Å². The molecule has 96 valence electrons. The normalized spacial score (nSPS) is 16.5. The third kappa shape index (κ3) is 2.11. The summed E-state index contributed by atoms with van der Waals surface area (Å²) in [6.07, 6.45) is 1.89. The van der Waals surface area contributed by atoms with E-state index in [4.69, 9.17) is 5.73 Å². The van der Waals surface area contributed by atoms with Crippen LogP contribution in [-0.2, 0) is 0 Å². The molecule has 19 heavy (non-hydrogen) atoms. The van der Waals surface area contributed by atoms with E-state index in [1.807, 2.05) is 24.3 Å². The molecule has 0 bridgehead atoms. The fourth-order valence-electron chi connectivity index (χ4n) is 2.56. The standard InChI is InChI=1S/C14H15N5/c15-9-13-14(19-7-5-10(16)6-8-19)11-3-1-2-4-12(11)17-18-13/h1-4,10H,5-8,16H2. The van der Waals surface area contributed by atoms with E-state index in [0.717, 1.165) is 42.5 Å². The molecule has 1 saturated heterocycles. The van der Waals surface area contributed by atoms with Gasteiger partial charge in [-0.15, -0.1) is 10.2 Å². The second-order valence-corrected chi connectivity index (χ2v) is 4.85. The average molecular weight is 253 g/mol. The number of hydrogen-bond donors (Lipinski definition) is 1. The molecule has 1 fully saturated rings. The van der Waals surface area contributed by atoms with Gasteiger partial charge in [-0.2, -0.15) is 5.26 Å². The Kier molecular flexibility index (Phi) is 3.02. The molecule has 1 aromatic heterocycles. The zero-order valence-corrected chi connectivity index (χ0v) is 10.6. The van der Waals surface area contributed by atoms with Crippen molar-refractivity contribution < 1.29 is 0 Å². The number of aromatic nitrogens is 2. The minimum Gasteiger partial charge on any atom is -0.368 e. The van der Waals surface area contributed by atoms with Crippen molar-refractivity contribution in [3.8, 4) is 6.07 Å². The van der Waals surface area contributed by atoms with Gasteiger partial charge < -0.3 is 10.6 Å². The quantitative estimate of drug-likeness (QED) is 0.831. The van der Waals surface area contributed by atoms with Crippen molar-refractivity contribution >= 4 is 16.6 Å². The molecule has 2 aromatic rings. The lowest BCUT2D eigenvalue weighted by atomic mass is 10.0. The smallest absolute Gasteiger partial charge is 0.187 e. The third-order valence-electron chi connectivity index (χ3n) is 3.60. The highest BCUT2D eigenvalue weighted by Crippen LogP contribution is 2.29. The summed E-state index contributed by atoms with van der Waals surface area (Å²) in [4.78, 5) is 2.21. The van der Waals surface area contributed by atoms with Crippen LogP contribution in [0.5, 0.6) is 0 Å². The molecule has 5 nitrogen and oxygen atoms in total. The second-order valence-electron chi connectivity index (χ2n) is 4.85. The molecule has 3 rings (SSSR count). The fraction of sp³-hybridized carbons (Fsp3) is 0.357. The first-order valence-corrected chi connectivity index (χ1v) is 6.45. The van der Waals surface area contributed by atoms with Gasteiger partial charge in [0.25, 0.3) is 0 Å². The largest absolute Gasteiger partial charge is 0.368 e. The van der Waals surface area contributed by atoms with Gasteiger partial charge in [0.2, 0.25) is 0 Å². The van der Waals surface area contributed by atoms with Crippen molar-refractivity contribution in [1.82, 2.24) is 10.2 Å². The zero-order valence-electron chi connectivity index (χ0n) is 10.6. The van der Waals surface area contributed by atoms with Crippen LogP contribution in [0.15, 0.2) is 24.3 Å². The van der Waals surface area contributed by atoms with E-state index in [2.05, 4.69) is 21.2 Å². The van der Waals surface area contributed by atoms with Gasteiger partial charge in [0, 0.05) is 24.5 Å². The summed E-state index contributed by atoms with van der Waals surface area (Å²) in [5, 5.41) is 18.4. The van der Waals surface area contributed by atoms with Gasteiger partial charge in [-0.1, -0.05) is 18.2 Å². The van der Waals surface area contributed by atoms with Gasteiger partial charge >= 0.3 is 0 Å². The number of piperidine rings is 1. The van der Waals surface area contributed by atoms with Crippen LogP contribution >= 0.6 is 0 Å². The predicted molar refractivity (Wildman–Crippen MR) is 73.7 cm³/mol. The Hall–Kier alpha value is -2.19. The minimum absolute atomic E-state index is 0.267. The highest BCUT2D eigenvalue weighted by atomic mass is 15.2. The molecular weight excluding hydrogens is 238 g/mol. The van der Waals surface area contributed by atoms with Crippen LogP contribution in [0.4, 0.5) is 5.69 Å². The number of nitriles is 1. The van der Waals surface area contributed by atoms with Gasteiger partial charge in [-0.05, 0) is 18.9 Å². The minimum atomic E-state index is 0.267. The Labute approximate surface area is 111 Å². The molecule has 0 saturated carbocycles. The Morgan fingerprint density at radius 3 is 2.68 bits per heavy atom. The Morgan fingerprint density at radius 2 is 1.95 bits per heavy atom. The monoisotopic (exact) mass is 253 g/mol. The molecule has 1 aromatic carbocycles. The number of nitrogens with two attached hydrogens (primary N) is 1. The maximum absolute atomic E-state index is 9.26. The first-order chi connectivity index (χ1) is 9.29.